The summed E-state index contributed by atoms with van der Waals surface area (Å²) in [4.78, 5) is 14.9. The highest BCUT2D eigenvalue weighted by Gasteiger charge is 2.67. The van der Waals surface area contributed by atoms with Crippen LogP contribution in [0.2, 0.25) is 0 Å². The van der Waals surface area contributed by atoms with Gasteiger partial charge in [-0.2, -0.15) is 0 Å². The topological polar surface area (TPSA) is 70.0 Å². The number of likely N-dealkylation sites (N-methyl/N-ethyl adjacent to an activating group) is 1. The van der Waals surface area contributed by atoms with Gasteiger partial charge in [0.05, 0.1) is 32.3 Å². The number of quaternary nitrogens is 1. The van der Waals surface area contributed by atoms with Crippen molar-refractivity contribution in [1.82, 2.24) is 4.90 Å². The second kappa shape index (κ2) is 11.1. The predicted molar refractivity (Wildman–Crippen MR) is 148 cm³/mol. The van der Waals surface area contributed by atoms with E-state index in [4.69, 9.17) is 4.74 Å². The molecule has 4 aliphatic carbocycles. The van der Waals surface area contributed by atoms with E-state index in [1.165, 1.54) is 64.5 Å². The zero-order valence-corrected chi connectivity index (χ0v) is 26.6. The first-order valence-electron chi connectivity index (χ1n) is 16.2. The molecule has 6 fully saturated rings. The number of ether oxygens (including phenoxy) is 1. The first kappa shape index (κ1) is 30.3. The molecule has 7 heteroatoms. The van der Waals surface area contributed by atoms with Gasteiger partial charge in [0, 0.05) is 37.9 Å². The van der Waals surface area contributed by atoms with E-state index in [1.807, 2.05) is 0 Å². The molecule has 0 radical (unpaired) electrons. The minimum Gasteiger partial charge on any atom is -1.00 e. The van der Waals surface area contributed by atoms with Crippen LogP contribution in [0.1, 0.15) is 97.8 Å². The molecule has 2 saturated heterocycles. The van der Waals surface area contributed by atoms with Gasteiger partial charge < -0.3 is 36.4 Å². The van der Waals surface area contributed by atoms with Gasteiger partial charge in [-0.05, 0) is 99.7 Å². The highest BCUT2D eigenvalue weighted by atomic mass is 79.9. The van der Waals surface area contributed by atoms with Gasteiger partial charge in [-0.1, -0.05) is 13.8 Å². The van der Waals surface area contributed by atoms with Crippen molar-refractivity contribution in [2.45, 2.75) is 128 Å². The third kappa shape index (κ3) is 5.06. The van der Waals surface area contributed by atoms with Crippen LogP contribution in [0.5, 0.6) is 0 Å². The van der Waals surface area contributed by atoms with Gasteiger partial charge >= 0.3 is 5.97 Å². The van der Waals surface area contributed by atoms with Gasteiger partial charge in [0.15, 0.2) is 6.10 Å². The first-order valence-corrected chi connectivity index (χ1v) is 16.2. The summed E-state index contributed by atoms with van der Waals surface area (Å²) in [6, 6.07) is 0.665. The van der Waals surface area contributed by atoms with Crippen LogP contribution < -0.4 is 17.0 Å². The first-order chi connectivity index (χ1) is 18.0. The van der Waals surface area contributed by atoms with E-state index in [-0.39, 0.29) is 58.1 Å². The second-order valence-electron chi connectivity index (χ2n) is 15.4. The van der Waals surface area contributed by atoms with Gasteiger partial charge in [0.25, 0.3) is 0 Å². The molecule has 0 amide bonds. The van der Waals surface area contributed by atoms with E-state index in [0.29, 0.717) is 29.7 Å². The van der Waals surface area contributed by atoms with Crippen LogP contribution in [0, 0.1) is 34.5 Å². The largest absolute Gasteiger partial charge is 1.00 e. The quantitative estimate of drug-likeness (QED) is 0.373. The zero-order valence-electron chi connectivity index (χ0n) is 25.0. The number of carbonyl (C=O) groups is 1. The molecule has 4 saturated carbocycles. The SMILES string of the molecule is CC(=O)O[C@H]1[C@@H]([N+]2(C)CCCCC2)C[C@H]2[C@@H]3CC[C@H]4C[C@H](O)[C@@H](N5CCC(O)CC5)C[C@]4(C)[C@H]3CC[C@@]21C.[Br-]. The molecule has 0 aromatic heterocycles. The van der Waals surface area contributed by atoms with Crippen LogP contribution in [0.4, 0.5) is 0 Å². The Morgan fingerprint density at radius 3 is 2.28 bits per heavy atom. The Hall–Kier alpha value is -0.210. The highest BCUT2D eigenvalue weighted by molar-refractivity contribution is 5.66. The summed E-state index contributed by atoms with van der Waals surface area (Å²) in [6.45, 7) is 11.0. The third-order valence-corrected chi connectivity index (χ3v) is 13.5. The number of piperidine rings is 2. The summed E-state index contributed by atoms with van der Waals surface area (Å²) < 4.78 is 7.42. The molecule has 2 heterocycles. The number of aliphatic hydroxyl groups excluding tert-OH is 2. The summed E-state index contributed by atoms with van der Waals surface area (Å²) in [6.07, 6.45) is 13.4. The van der Waals surface area contributed by atoms with Crippen molar-refractivity contribution in [3.63, 3.8) is 0 Å². The molecule has 6 nitrogen and oxygen atoms in total. The number of hydrogen-bond donors (Lipinski definition) is 2. The van der Waals surface area contributed by atoms with Crippen molar-refractivity contribution in [3.05, 3.63) is 0 Å². The highest BCUT2D eigenvalue weighted by Crippen LogP contribution is 2.67. The standard InChI is InChI=1S/C32H55N2O4.BrH/c1-21(35)38-30-28(34(4)16-6-5-7-17-34)19-26-24-9-8-22-18-29(37)27(33-14-11-23(36)12-15-33)20-32(22,3)25(24)10-13-31(26,30)2;/h22-30,36-37H,5-20H2,1-4H3;1H/q+1;/p-1/t22-,24+,25-,26-,27-,28-,29-,30-,31-,32-;/m0./s1. The number of halogens is 1. The summed E-state index contributed by atoms with van der Waals surface area (Å²) in [5.74, 6) is 2.55. The Labute approximate surface area is 247 Å². The van der Waals surface area contributed by atoms with Crippen molar-refractivity contribution in [2.75, 3.05) is 33.2 Å². The minimum atomic E-state index is -0.235. The number of likely N-dealkylation sites (tertiary alicyclic amines) is 2. The lowest BCUT2D eigenvalue weighted by molar-refractivity contribution is -0.940. The Morgan fingerprint density at radius 2 is 1.62 bits per heavy atom. The molecule has 0 aromatic carbocycles. The fourth-order valence-corrected chi connectivity index (χ4v) is 11.4. The molecule has 2 aliphatic heterocycles. The maximum atomic E-state index is 12.4. The molecule has 6 rings (SSSR count). The Morgan fingerprint density at radius 1 is 0.923 bits per heavy atom. The van der Waals surface area contributed by atoms with Crippen molar-refractivity contribution >= 4 is 5.97 Å². The van der Waals surface area contributed by atoms with Gasteiger partial charge in [-0.3, -0.25) is 9.69 Å². The second-order valence-corrected chi connectivity index (χ2v) is 15.4. The van der Waals surface area contributed by atoms with Crippen molar-refractivity contribution in [1.29, 1.82) is 0 Å². The van der Waals surface area contributed by atoms with Gasteiger partial charge in [-0.15, -0.1) is 0 Å². The zero-order chi connectivity index (χ0) is 26.9. The number of aliphatic hydroxyl groups is 2. The lowest BCUT2D eigenvalue weighted by Gasteiger charge is -2.62. The average molecular weight is 612 g/mol. The van der Waals surface area contributed by atoms with Gasteiger partial charge in [-0.25, -0.2) is 0 Å². The molecular weight excluding hydrogens is 556 g/mol. The fraction of sp³-hybridized carbons (Fsp3) is 0.969. The molecular formula is C32H55BrN2O4. The molecule has 0 bridgehead atoms. The molecule has 0 unspecified atom stereocenters. The third-order valence-electron chi connectivity index (χ3n) is 13.5. The van der Waals surface area contributed by atoms with E-state index < -0.39 is 0 Å². The Bertz CT molecular complexity index is 889. The molecule has 2 N–H and O–H groups in total. The summed E-state index contributed by atoms with van der Waals surface area (Å²) >= 11 is 0. The van der Waals surface area contributed by atoms with Crippen molar-refractivity contribution < 1.29 is 41.2 Å². The predicted octanol–water partition coefficient (Wildman–Crippen LogP) is 1.37. The number of carbonyl (C=O) groups excluding carboxylic acids is 1. The Balaban J connectivity index is 0.00000308. The lowest BCUT2D eigenvalue weighted by Crippen LogP contribution is -3.00. The average Bonchev–Trinajstić information content (AvgIpc) is 3.18. The number of fused-ring (bicyclic) bond motifs is 5. The van der Waals surface area contributed by atoms with Gasteiger partial charge in [0.1, 0.15) is 6.04 Å². The summed E-state index contributed by atoms with van der Waals surface area (Å²) in [7, 11) is 2.46. The molecule has 10 atom stereocenters. The van der Waals surface area contributed by atoms with Crippen molar-refractivity contribution in [3.8, 4) is 0 Å². The normalized spacial score (nSPS) is 48.3. The maximum Gasteiger partial charge on any atom is 0.303 e. The van der Waals surface area contributed by atoms with E-state index in [9.17, 15) is 15.0 Å². The minimum absolute atomic E-state index is 0. The number of rotatable bonds is 3. The van der Waals surface area contributed by atoms with E-state index in [2.05, 4.69) is 25.8 Å². The molecule has 224 valence electrons. The molecule has 0 spiro atoms. The lowest BCUT2D eigenvalue weighted by atomic mass is 9.44. The molecule has 6 aliphatic rings. The molecule has 39 heavy (non-hydrogen) atoms. The van der Waals surface area contributed by atoms with Crippen LogP contribution in [-0.4, -0.2) is 89.2 Å². The van der Waals surface area contributed by atoms with Crippen LogP contribution >= 0.6 is 0 Å². The van der Waals surface area contributed by atoms with E-state index in [1.54, 1.807) is 6.92 Å². The van der Waals surface area contributed by atoms with E-state index in [0.717, 1.165) is 43.3 Å². The number of nitrogens with zero attached hydrogens (tertiary/aromatic N) is 2. The number of esters is 1. The molecule has 0 aromatic rings. The monoisotopic (exact) mass is 610 g/mol. The van der Waals surface area contributed by atoms with Crippen LogP contribution in [-0.2, 0) is 9.53 Å². The fourth-order valence-electron chi connectivity index (χ4n) is 11.4. The van der Waals surface area contributed by atoms with Crippen LogP contribution in [0.3, 0.4) is 0 Å². The van der Waals surface area contributed by atoms with E-state index >= 15 is 0 Å². The van der Waals surface area contributed by atoms with Gasteiger partial charge in [0.2, 0.25) is 0 Å². The van der Waals surface area contributed by atoms with Crippen LogP contribution in [0.15, 0.2) is 0 Å². The van der Waals surface area contributed by atoms with Crippen molar-refractivity contribution in [2.24, 2.45) is 34.5 Å². The Kier molecular flexibility index (Phi) is 8.63. The summed E-state index contributed by atoms with van der Waals surface area (Å²) in [5, 5.41) is 21.4. The maximum absolute atomic E-state index is 12.4. The number of hydrogen-bond acceptors (Lipinski definition) is 5. The van der Waals surface area contributed by atoms with Crippen LogP contribution in [0.25, 0.3) is 0 Å². The smallest absolute Gasteiger partial charge is 0.303 e. The summed E-state index contributed by atoms with van der Waals surface area (Å²) in [5.41, 5.74) is 0.346.